The molecule has 0 heteroatoms. The first-order chi connectivity index (χ1) is 73.3. The molecule has 4 aliphatic carbocycles. The fourth-order valence-corrected chi connectivity index (χ4v) is 25.8. The van der Waals surface area contributed by atoms with Crippen molar-refractivity contribution in [3.8, 4) is 189 Å². The minimum Gasteiger partial charge on any atom is -0.0616 e. The highest BCUT2D eigenvalue weighted by molar-refractivity contribution is 6.25. The molecule has 0 unspecified atom stereocenters. The Balaban J connectivity index is 0.000000101. The first kappa shape index (κ1) is 83.4. The van der Waals surface area contributed by atoms with Gasteiger partial charge in [-0.3, -0.25) is 0 Å². The molecule has 0 fully saturated rings. The molecular formula is C148H88. The molecule has 0 saturated heterocycles. The lowest BCUT2D eigenvalue weighted by atomic mass is 9.89. The van der Waals surface area contributed by atoms with Gasteiger partial charge in [-0.15, -0.1) is 0 Å². The van der Waals surface area contributed by atoms with E-state index in [0.717, 1.165) is 0 Å². The second-order valence-corrected chi connectivity index (χ2v) is 40.6. The summed E-state index contributed by atoms with van der Waals surface area (Å²) in [5.41, 5.74) is 44.0. The van der Waals surface area contributed by atoms with Gasteiger partial charge in [0.05, 0.1) is 0 Å². The van der Waals surface area contributed by atoms with Crippen molar-refractivity contribution in [2.24, 2.45) is 0 Å². The average Bonchev–Trinajstić information content (AvgIpc) is 1.69. The second-order valence-electron chi connectivity index (χ2n) is 40.6. The molecule has 33 rings (SSSR count). The molecular weight excluding hydrogens is 1780 g/mol. The minimum atomic E-state index is 1.23. The predicted octanol–water partition coefficient (Wildman–Crippen LogP) is 41.6. The van der Waals surface area contributed by atoms with Crippen molar-refractivity contribution < 1.29 is 0 Å². The van der Waals surface area contributed by atoms with E-state index in [9.17, 15) is 0 Å². The lowest BCUT2D eigenvalue weighted by Crippen LogP contribution is -1.88. The molecule has 0 N–H and O–H groups in total. The molecule has 0 spiro atoms. The van der Waals surface area contributed by atoms with Crippen molar-refractivity contribution in [3.63, 3.8) is 0 Å². The SMILES string of the molecule is c1ccc2c(c1)-c1cccc3c(-c4cc(-c5ccc6cc(-c7cc8ccccc8c8ccccc78)ccc6c5)c5ccccc5c4)ccc-2c13.c1ccc2c(c1)-c1cccc3c(-c4cc(-c5ccc6cc(-c7ccc8ccccc8c7)ccc6c5)c5ccccc5c4)ccc-2c13.c1ccc2c(c1)-c1cccc3c(-c4ccc5cc(-c6cc(-c7ccc8c9c(cccc79)-c7ccccc7-8)cc7ccccc67)ccc5c4)ccc-2c13. The zero-order chi connectivity index (χ0) is 96.9. The number of hydrogen-bond acceptors (Lipinski definition) is 0. The zero-order valence-corrected chi connectivity index (χ0v) is 80.8. The van der Waals surface area contributed by atoms with Crippen molar-refractivity contribution >= 4 is 140 Å². The van der Waals surface area contributed by atoms with Crippen LogP contribution in [0.5, 0.6) is 0 Å². The molecule has 0 aliphatic heterocycles. The van der Waals surface area contributed by atoms with Crippen molar-refractivity contribution in [2.75, 3.05) is 0 Å². The van der Waals surface area contributed by atoms with Crippen LogP contribution in [0, 0.1) is 0 Å². The van der Waals surface area contributed by atoms with E-state index in [-0.39, 0.29) is 0 Å². The topological polar surface area (TPSA) is 0 Å². The first-order valence-electron chi connectivity index (χ1n) is 51.6. The van der Waals surface area contributed by atoms with Crippen LogP contribution in [0.15, 0.2) is 534 Å². The summed E-state index contributed by atoms with van der Waals surface area (Å²) in [6.45, 7) is 0. The largest absolute Gasteiger partial charge is 0.0616 e. The summed E-state index contributed by atoms with van der Waals surface area (Å²) in [6.07, 6.45) is 0. The molecule has 680 valence electrons. The second kappa shape index (κ2) is 33.2. The number of rotatable bonds is 9. The summed E-state index contributed by atoms with van der Waals surface area (Å²) in [5.74, 6) is 0. The summed E-state index contributed by atoms with van der Waals surface area (Å²) < 4.78 is 0. The van der Waals surface area contributed by atoms with Crippen molar-refractivity contribution in [1.82, 2.24) is 0 Å². The van der Waals surface area contributed by atoms with Gasteiger partial charge in [0.2, 0.25) is 0 Å². The molecule has 0 aromatic heterocycles. The maximum Gasteiger partial charge on any atom is -0.00201 e. The normalized spacial score (nSPS) is 12.1. The van der Waals surface area contributed by atoms with E-state index in [1.807, 2.05) is 0 Å². The Hall–Kier alpha value is -19.2. The Morgan fingerprint density at radius 3 is 0.568 bits per heavy atom. The zero-order valence-electron chi connectivity index (χ0n) is 80.8. The van der Waals surface area contributed by atoms with Crippen LogP contribution < -0.4 is 0 Å². The van der Waals surface area contributed by atoms with E-state index in [1.165, 1.54) is 329 Å². The quantitative estimate of drug-likeness (QED) is 0.126. The van der Waals surface area contributed by atoms with Crippen LogP contribution in [0.2, 0.25) is 0 Å². The van der Waals surface area contributed by atoms with Gasteiger partial charge < -0.3 is 0 Å². The van der Waals surface area contributed by atoms with Gasteiger partial charge in [-0.2, -0.15) is 0 Å². The lowest BCUT2D eigenvalue weighted by Gasteiger charge is -2.15. The van der Waals surface area contributed by atoms with E-state index in [2.05, 4.69) is 534 Å². The van der Waals surface area contributed by atoms with E-state index in [0.29, 0.717) is 0 Å². The Morgan fingerprint density at radius 2 is 0.250 bits per heavy atom. The fourth-order valence-electron chi connectivity index (χ4n) is 25.8. The monoisotopic (exact) mass is 1860 g/mol. The van der Waals surface area contributed by atoms with Crippen molar-refractivity contribution in [2.45, 2.75) is 0 Å². The van der Waals surface area contributed by atoms with E-state index < -0.39 is 0 Å². The molecule has 0 atom stereocenters. The van der Waals surface area contributed by atoms with E-state index in [4.69, 9.17) is 0 Å². The highest BCUT2D eigenvalue weighted by atomic mass is 14.3. The first-order valence-corrected chi connectivity index (χ1v) is 51.6. The summed E-state index contributed by atoms with van der Waals surface area (Å²) in [4.78, 5) is 0. The third-order valence-electron chi connectivity index (χ3n) is 32.6. The molecule has 4 aliphatic rings. The standard InChI is InChI=1S/C52H30.C50H30.C46H28/c1-2-10-37-33(9-1)29-36(39-24-26-49-43-14-6-4-12-41(43)47-18-8-16-45(39)52(47)49)30-50(37)35-22-20-31-27-34(21-19-32(31)28-35)38-23-25-48-42-13-5-3-11-40(42)46-17-7-15-44(38)51(46)48;1-4-13-39-33(10-1)28-37(40-24-25-47-43-16-7-6-15-42(43)46-19-9-18-45(40)50(46)47)30-48(39)35-22-20-32-27-36(23-21-31(32)26-35)49-29-34-11-2-3-12-38(34)41-14-5-8-17-44(41)49;1-2-9-30-24-31(17-16-29(30)8-1)32-18-19-34-26-36(21-20-33(34)25-32)45-28-37(27-35-10-3-4-11-38(35)45)39-22-23-44-41-13-6-5-12-40(41)43-15-7-14-42(39)46(43)44/h1-30H;1-30H;1-28H. The molecule has 0 bridgehead atoms. The molecule has 0 radical (unpaired) electrons. The molecule has 29 aromatic carbocycles. The highest BCUT2D eigenvalue weighted by Crippen LogP contribution is 2.57. The minimum absolute atomic E-state index is 1.23. The van der Waals surface area contributed by atoms with Crippen molar-refractivity contribution in [3.05, 3.63) is 534 Å². The number of fused-ring (bicyclic) bond motifs is 22. The van der Waals surface area contributed by atoms with Gasteiger partial charge in [0, 0.05) is 0 Å². The van der Waals surface area contributed by atoms with Crippen molar-refractivity contribution in [1.29, 1.82) is 0 Å². The van der Waals surface area contributed by atoms with Gasteiger partial charge in [0.1, 0.15) is 0 Å². The Labute approximate surface area is 856 Å². The Morgan fingerprint density at radius 1 is 0.0676 bits per heavy atom. The van der Waals surface area contributed by atoms with Crippen LogP contribution in [0.3, 0.4) is 0 Å². The molecule has 29 aromatic rings. The Kier molecular flexibility index (Phi) is 18.7. The summed E-state index contributed by atoms with van der Waals surface area (Å²) in [7, 11) is 0. The highest BCUT2D eigenvalue weighted by Gasteiger charge is 2.30. The fraction of sp³-hybridized carbons (Fsp3) is 0. The maximum atomic E-state index is 2.41. The third kappa shape index (κ3) is 13.2. The molecule has 0 amide bonds. The molecule has 0 saturated carbocycles. The average molecular weight is 1870 g/mol. The van der Waals surface area contributed by atoms with Gasteiger partial charge >= 0.3 is 0 Å². The van der Waals surface area contributed by atoms with Crippen LogP contribution in [-0.2, 0) is 0 Å². The van der Waals surface area contributed by atoms with Crippen LogP contribution in [0.25, 0.3) is 329 Å². The lowest BCUT2D eigenvalue weighted by molar-refractivity contribution is 1.64. The van der Waals surface area contributed by atoms with Crippen LogP contribution in [0.1, 0.15) is 0 Å². The van der Waals surface area contributed by atoms with Gasteiger partial charge in [0.15, 0.2) is 0 Å². The smallest absolute Gasteiger partial charge is 0.00201 e. The van der Waals surface area contributed by atoms with Gasteiger partial charge in [0.25, 0.3) is 0 Å². The van der Waals surface area contributed by atoms with Crippen LogP contribution in [0.4, 0.5) is 0 Å². The molecule has 148 heavy (non-hydrogen) atoms. The molecule has 0 nitrogen and oxygen atoms in total. The molecule has 0 heterocycles. The van der Waals surface area contributed by atoms with E-state index >= 15 is 0 Å². The van der Waals surface area contributed by atoms with E-state index in [1.54, 1.807) is 0 Å². The summed E-state index contributed by atoms with van der Waals surface area (Å²) >= 11 is 0. The number of hydrogen-bond donors (Lipinski definition) is 0. The third-order valence-corrected chi connectivity index (χ3v) is 32.6. The van der Waals surface area contributed by atoms with Crippen LogP contribution in [-0.4, -0.2) is 0 Å². The number of benzene rings is 29. The maximum absolute atomic E-state index is 2.41. The van der Waals surface area contributed by atoms with Gasteiger partial charge in [-0.1, -0.05) is 449 Å². The predicted molar refractivity (Wildman–Crippen MR) is 634 cm³/mol. The van der Waals surface area contributed by atoms with Gasteiger partial charge in [-0.25, -0.2) is 0 Å². The summed E-state index contributed by atoms with van der Waals surface area (Å²) in [6, 6.07) is 199. The van der Waals surface area contributed by atoms with Gasteiger partial charge in [-0.05, 0) is 414 Å². The van der Waals surface area contributed by atoms with Crippen LogP contribution >= 0.6 is 0 Å². The summed E-state index contributed by atoms with van der Waals surface area (Å²) in [5, 5.41) is 33.5. The Bertz CT molecular complexity index is 10700.